The van der Waals surface area contributed by atoms with E-state index in [9.17, 15) is 0 Å². The molecular formula is C17H26ClNO2. The summed E-state index contributed by atoms with van der Waals surface area (Å²) in [7, 11) is 0. The monoisotopic (exact) mass is 311 g/mol. The molecule has 118 valence electrons. The van der Waals surface area contributed by atoms with Gasteiger partial charge in [-0.25, -0.2) is 0 Å². The van der Waals surface area contributed by atoms with Crippen molar-refractivity contribution >= 4 is 11.6 Å². The zero-order valence-corrected chi connectivity index (χ0v) is 14.0. The molecule has 1 heterocycles. The van der Waals surface area contributed by atoms with Crippen LogP contribution in [0.5, 0.6) is 5.75 Å². The largest absolute Gasteiger partial charge is 0.491 e. The van der Waals surface area contributed by atoms with Gasteiger partial charge in [-0.2, -0.15) is 0 Å². The van der Waals surface area contributed by atoms with Crippen molar-refractivity contribution in [2.75, 3.05) is 6.61 Å². The quantitative estimate of drug-likeness (QED) is 0.865. The lowest BCUT2D eigenvalue weighted by molar-refractivity contribution is -0.0327. The zero-order chi connectivity index (χ0) is 15.5. The number of halogens is 1. The maximum Gasteiger partial charge on any atom is 0.124 e. The van der Waals surface area contributed by atoms with E-state index in [1.165, 1.54) is 0 Å². The smallest absolute Gasteiger partial charge is 0.124 e. The molecule has 2 N–H and O–H groups in total. The first-order valence-corrected chi connectivity index (χ1v) is 8.12. The molecule has 3 nitrogen and oxygen atoms in total. The van der Waals surface area contributed by atoms with E-state index in [-0.39, 0.29) is 17.7 Å². The van der Waals surface area contributed by atoms with Gasteiger partial charge in [0.15, 0.2) is 0 Å². The van der Waals surface area contributed by atoms with E-state index < -0.39 is 0 Å². The summed E-state index contributed by atoms with van der Waals surface area (Å²) in [6, 6.07) is 5.87. The Balaban J connectivity index is 2.01. The van der Waals surface area contributed by atoms with Crippen molar-refractivity contribution in [3.63, 3.8) is 0 Å². The highest BCUT2D eigenvalue weighted by Crippen LogP contribution is 2.32. The van der Waals surface area contributed by atoms with Gasteiger partial charge in [0, 0.05) is 16.6 Å². The Hall–Kier alpha value is -0.770. The molecule has 2 unspecified atom stereocenters. The predicted octanol–water partition coefficient (Wildman–Crippen LogP) is 3.96. The van der Waals surface area contributed by atoms with Crippen molar-refractivity contribution in [1.82, 2.24) is 0 Å². The second-order valence-corrected chi connectivity index (χ2v) is 6.85. The van der Waals surface area contributed by atoms with E-state index >= 15 is 0 Å². The van der Waals surface area contributed by atoms with Gasteiger partial charge in [-0.15, -0.1) is 0 Å². The zero-order valence-electron chi connectivity index (χ0n) is 13.2. The molecule has 1 saturated heterocycles. The topological polar surface area (TPSA) is 44.5 Å². The lowest BCUT2D eigenvalue weighted by atomic mass is 10.0. The fraction of sp³-hybridized carbons (Fsp3) is 0.647. The summed E-state index contributed by atoms with van der Waals surface area (Å²) < 4.78 is 11.9. The Morgan fingerprint density at radius 1 is 1.48 bits per heavy atom. The van der Waals surface area contributed by atoms with Crippen LogP contribution in [0.15, 0.2) is 18.2 Å². The van der Waals surface area contributed by atoms with Crippen LogP contribution < -0.4 is 10.5 Å². The predicted molar refractivity (Wildman–Crippen MR) is 87.1 cm³/mol. The van der Waals surface area contributed by atoms with Crippen molar-refractivity contribution < 1.29 is 9.47 Å². The third-order valence-electron chi connectivity index (χ3n) is 4.05. The van der Waals surface area contributed by atoms with Crippen LogP contribution in [-0.4, -0.2) is 24.4 Å². The molecule has 1 aromatic carbocycles. The Labute approximate surface area is 132 Å². The number of hydrogen-bond acceptors (Lipinski definition) is 3. The molecule has 0 aromatic heterocycles. The Kier molecular flexibility index (Phi) is 5.53. The maximum atomic E-state index is 6.30. The summed E-state index contributed by atoms with van der Waals surface area (Å²) >= 11 is 6.30. The highest BCUT2D eigenvalue weighted by molar-refractivity contribution is 6.31. The van der Waals surface area contributed by atoms with Gasteiger partial charge in [-0.05, 0) is 51.7 Å². The minimum absolute atomic E-state index is 0.0320. The molecule has 4 heteroatoms. The Bertz CT molecular complexity index is 476. The van der Waals surface area contributed by atoms with Crippen molar-refractivity contribution in [3.05, 3.63) is 28.8 Å². The summed E-state index contributed by atoms with van der Waals surface area (Å²) in [5.74, 6) is 0.833. The molecule has 0 amide bonds. The van der Waals surface area contributed by atoms with Crippen LogP contribution in [0, 0.1) is 0 Å². The number of benzene rings is 1. The van der Waals surface area contributed by atoms with Crippen molar-refractivity contribution in [2.24, 2.45) is 5.73 Å². The fourth-order valence-electron chi connectivity index (χ4n) is 2.66. The average molecular weight is 312 g/mol. The first-order valence-electron chi connectivity index (χ1n) is 7.75. The van der Waals surface area contributed by atoms with E-state index in [4.69, 9.17) is 26.8 Å². The molecule has 2 atom stereocenters. The standard InChI is InChI=1S/C17H26ClNO2/c1-4-12(19)10-14-15(18)6-5-7-16(14)20-11-13-8-9-17(2,3)21-13/h5-7,12-13H,4,8-11,19H2,1-3H3. The van der Waals surface area contributed by atoms with Gasteiger partial charge in [0.1, 0.15) is 12.4 Å². The van der Waals surface area contributed by atoms with Crippen LogP contribution >= 0.6 is 11.6 Å². The Morgan fingerprint density at radius 3 is 2.86 bits per heavy atom. The van der Waals surface area contributed by atoms with Gasteiger partial charge < -0.3 is 15.2 Å². The lowest BCUT2D eigenvalue weighted by Gasteiger charge is -2.21. The van der Waals surface area contributed by atoms with E-state index in [0.29, 0.717) is 6.61 Å². The summed E-state index contributed by atoms with van der Waals surface area (Å²) in [4.78, 5) is 0. The van der Waals surface area contributed by atoms with Crippen LogP contribution in [-0.2, 0) is 11.2 Å². The van der Waals surface area contributed by atoms with Crippen molar-refractivity contribution in [2.45, 2.75) is 64.2 Å². The van der Waals surface area contributed by atoms with Gasteiger partial charge in [-0.1, -0.05) is 24.6 Å². The van der Waals surface area contributed by atoms with Gasteiger partial charge in [0.25, 0.3) is 0 Å². The summed E-state index contributed by atoms with van der Waals surface area (Å²) in [6.07, 6.45) is 3.93. The van der Waals surface area contributed by atoms with Gasteiger partial charge >= 0.3 is 0 Å². The lowest BCUT2D eigenvalue weighted by Crippen LogP contribution is -2.25. The molecule has 1 fully saturated rings. The molecule has 2 rings (SSSR count). The first-order chi connectivity index (χ1) is 9.91. The second kappa shape index (κ2) is 6.99. The van der Waals surface area contributed by atoms with Gasteiger partial charge in [0.05, 0.1) is 11.7 Å². The number of rotatable bonds is 6. The van der Waals surface area contributed by atoms with E-state index in [1.54, 1.807) is 0 Å². The van der Waals surface area contributed by atoms with Gasteiger partial charge in [0.2, 0.25) is 0 Å². The van der Waals surface area contributed by atoms with Crippen LogP contribution in [0.25, 0.3) is 0 Å². The molecule has 0 spiro atoms. The van der Waals surface area contributed by atoms with Crippen molar-refractivity contribution in [3.8, 4) is 5.75 Å². The molecule has 1 aliphatic heterocycles. The highest BCUT2D eigenvalue weighted by Gasteiger charge is 2.32. The summed E-state index contributed by atoms with van der Waals surface area (Å²) in [5.41, 5.74) is 7.03. The van der Waals surface area contributed by atoms with Crippen molar-refractivity contribution in [1.29, 1.82) is 0 Å². The molecule has 1 aliphatic rings. The van der Waals surface area contributed by atoms with Crippen LogP contribution in [0.4, 0.5) is 0 Å². The SMILES string of the molecule is CCC(N)Cc1c(Cl)cccc1OCC1CCC(C)(C)O1. The molecule has 21 heavy (non-hydrogen) atoms. The minimum Gasteiger partial charge on any atom is -0.491 e. The molecule has 0 radical (unpaired) electrons. The average Bonchev–Trinajstić information content (AvgIpc) is 2.78. The summed E-state index contributed by atoms with van der Waals surface area (Å²) in [5, 5.41) is 0.726. The van der Waals surface area contributed by atoms with E-state index in [0.717, 1.165) is 42.0 Å². The highest BCUT2D eigenvalue weighted by atomic mass is 35.5. The summed E-state index contributed by atoms with van der Waals surface area (Å²) in [6.45, 7) is 6.89. The first kappa shape index (κ1) is 16.6. The fourth-order valence-corrected chi connectivity index (χ4v) is 2.90. The third-order valence-corrected chi connectivity index (χ3v) is 4.40. The molecule has 0 bridgehead atoms. The number of ether oxygens (including phenoxy) is 2. The molecular weight excluding hydrogens is 286 g/mol. The number of hydrogen-bond donors (Lipinski definition) is 1. The minimum atomic E-state index is -0.0320. The van der Waals surface area contributed by atoms with Crippen LogP contribution in [0.1, 0.15) is 45.6 Å². The van der Waals surface area contributed by atoms with Crippen LogP contribution in [0.2, 0.25) is 5.02 Å². The van der Waals surface area contributed by atoms with Gasteiger partial charge in [-0.3, -0.25) is 0 Å². The normalized spacial score (nSPS) is 22.2. The molecule has 0 saturated carbocycles. The Morgan fingerprint density at radius 2 is 2.24 bits per heavy atom. The van der Waals surface area contributed by atoms with E-state index in [2.05, 4.69) is 20.8 Å². The van der Waals surface area contributed by atoms with E-state index in [1.807, 2.05) is 18.2 Å². The maximum absolute atomic E-state index is 6.30. The second-order valence-electron chi connectivity index (χ2n) is 6.44. The third kappa shape index (κ3) is 4.60. The molecule has 0 aliphatic carbocycles. The number of nitrogens with two attached hydrogens (primary N) is 1. The van der Waals surface area contributed by atoms with Crippen LogP contribution in [0.3, 0.4) is 0 Å². The molecule has 1 aromatic rings.